The molecule has 0 saturated carbocycles. The normalized spacial score (nSPS) is 12.2. The van der Waals surface area contributed by atoms with Gasteiger partial charge < -0.3 is 20.1 Å². The van der Waals surface area contributed by atoms with E-state index in [4.69, 9.17) is 15.2 Å². The number of halogens is 2. The number of hydrogen-bond donors (Lipinski definition) is 2. The fourth-order valence-corrected chi connectivity index (χ4v) is 3.41. The van der Waals surface area contributed by atoms with Crippen LogP contribution < -0.4 is 10.5 Å². The second-order valence-electron chi connectivity index (χ2n) is 8.47. The second kappa shape index (κ2) is 11.5. The first-order valence-electron chi connectivity index (χ1n) is 10.8. The Morgan fingerprint density at radius 2 is 1.97 bits per heavy atom. The van der Waals surface area contributed by atoms with Gasteiger partial charge in [-0.15, -0.1) is 0 Å². The van der Waals surface area contributed by atoms with E-state index in [1.165, 1.54) is 6.07 Å². The molecule has 0 bridgehead atoms. The summed E-state index contributed by atoms with van der Waals surface area (Å²) >= 11 is 0. The summed E-state index contributed by atoms with van der Waals surface area (Å²) in [4.78, 5) is 2.07. The van der Waals surface area contributed by atoms with Gasteiger partial charge in [0.2, 0.25) is 0 Å². The van der Waals surface area contributed by atoms with Gasteiger partial charge >= 0.3 is 0 Å². The average Bonchev–Trinajstić information content (AvgIpc) is 3.13. The lowest BCUT2D eigenvalue weighted by Gasteiger charge is -2.21. The summed E-state index contributed by atoms with van der Waals surface area (Å²) in [5.74, 6) is -1.92. The summed E-state index contributed by atoms with van der Waals surface area (Å²) in [6.45, 7) is 7.73. The molecule has 6 nitrogen and oxygen atoms in total. The van der Waals surface area contributed by atoms with Gasteiger partial charge in [0, 0.05) is 50.4 Å². The van der Waals surface area contributed by atoms with Crippen molar-refractivity contribution < 1.29 is 18.3 Å². The Hall–Kier alpha value is -2.03. The molecule has 1 heterocycles. The Morgan fingerprint density at radius 3 is 2.58 bits per heavy atom. The van der Waals surface area contributed by atoms with Crippen LogP contribution in [0.2, 0.25) is 0 Å². The first-order chi connectivity index (χ1) is 14.7. The topological polar surface area (TPSA) is 76.4 Å². The van der Waals surface area contributed by atoms with E-state index in [0.29, 0.717) is 62.2 Å². The van der Waals surface area contributed by atoms with Gasteiger partial charge in [0.15, 0.2) is 0 Å². The predicted molar refractivity (Wildman–Crippen MR) is 120 cm³/mol. The molecule has 2 rings (SSSR count). The fraction of sp³-hybridized carbons (Fsp3) is 0.609. The molecule has 0 aliphatic heterocycles. The van der Waals surface area contributed by atoms with E-state index in [9.17, 15) is 8.78 Å². The highest BCUT2D eigenvalue weighted by atomic mass is 19.3. The van der Waals surface area contributed by atoms with Crippen LogP contribution in [0.5, 0.6) is 5.75 Å². The molecule has 1 aromatic heterocycles. The molecule has 0 unspecified atom stereocenters. The average molecular weight is 439 g/mol. The molecular weight excluding hydrogens is 402 g/mol. The Labute approximate surface area is 184 Å². The van der Waals surface area contributed by atoms with E-state index in [-0.39, 0.29) is 5.56 Å². The quantitative estimate of drug-likeness (QED) is 0.459. The number of benzene rings is 1. The van der Waals surface area contributed by atoms with Gasteiger partial charge in [-0.1, -0.05) is 13.8 Å². The third-order valence-electron chi connectivity index (χ3n) is 5.14. The number of aryl methyl sites for hydroxylation is 1. The lowest BCUT2D eigenvalue weighted by atomic mass is 9.93. The van der Waals surface area contributed by atoms with Crippen molar-refractivity contribution in [3.05, 3.63) is 35.0 Å². The third-order valence-corrected chi connectivity index (χ3v) is 5.14. The summed E-state index contributed by atoms with van der Waals surface area (Å²) in [6, 6.07) is 3.09. The summed E-state index contributed by atoms with van der Waals surface area (Å²) in [6.07, 6.45) is 3.24. The van der Waals surface area contributed by atoms with Crippen LogP contribution >= 0.6 is 0 Å². The van der Waals surface area contributed by atoms with E-state index in [1.54, 1.807) is 19.4 Å². The molecule has 174 valence electrons. The number of ether oxygens (including phenoxy) is 2. The lowest BCUT2D eigenvalue weighted by molar-refractivity contribution is 0.0173. The number of likely N-dealkylation sites (N-methyl/N-ethyl adjacent to an activating group) is 1. The maximum atomic E-state index is 14.4. The fourth-order valence-electron chi connectivity index (χ4n) is 3.41. The van der Waals surface area contributed by atoms with Gasteiger partial charge in [0.1, 0.15) is 12.4 Å². The number of nitrogens with two attached hydrogens (primary N) is 1. The van der Waals surface area contributed by atoms with Crippen LogP contribution in [0.25, 0.3) is 11.3 Å². The van der Waals surface area contributed by atoms with E-state index >= 15 is 0 Å². The molecular formula is C23H36F2N4O2. The van der Waals surface area contributed by atoms with E-state index in [2.05, 4.69) is 28.9 Å². The van der Waals surface area contributed by atoms with E-state index < -0.39 is 5.92 Å². The number of rotatable bonds is 13. The predicted octanol–water partition coefficient (Wildman–Crippen LogP) is 4.19. The van der Waals surface area contributed by atoms with E-state index in [1.807, 2.05) is 7.05 Å². The summed E-state index contributed by atoms with van der Waals surface area (Å²) in [7, 11) is 3.56. The molecule has 0 spiro atoms. The summed E-state index contributed by atoms with van der Waals surface area (Å²) < 4.78 is 40.0. The number of methoxy groups -OCH3 is 1. The van der Waals surface area contributed by atoms with Crippen molar-refractivity contribution in [1.29, 1.82) is 0 Å². The molecule has 31 heavy (non-hydrogen) atoms. The Balaban J connectivity index is 2.59. The number of H-pyrrole nitrogens is 1. The number of aromatic amines is 1. The second-order valence-corrected chi connectivity index (χ2v) is 8.47. The molecule has 0 aliphatic rings. The molecule has 0 saturated heterocycles. The molecule has 0 fully saturated rings. The molecule has 2 aromatic rings. The summed E-state index contributed by atoms with van der Waals surface area (Å²) in [5.41, 5.74) is 8.60. The Kier molecular flexibility index (Phi) is 9.40. The maximum absolute atomic E-state index is 14.4. The van der Waals surface area contributed by atoms with Crippen LogP contribution in [0.3, 0.4) is 0 Å². The van der Waals surface area contributed by atoms with Gasteiger partial charge in [-0.2, -0.15) is 5.10 Å². The maximum Gasteiger partial charge on any atom is 0.270 e. The minimum Gasteiger partial charge on any atom is -0.490 e. The zero-order chi connectivity index (χ0) is 23.0. The standard InChI is InChI=1S/C23H36F2N4O2/c1-16(2)6-7-17-12-19(23(3,24)25)13-20(22(17)31-11-10-30-5)21-18(14-27-28-21)15-29(4)9-8-26/h12-14,16H,6-11,15,26H2,1-5H3,(H,27,28). The number of alkyl halides is 2. The van der Waals surface area contributed by atoms with Gasteiger partial charge in [0.05, 0.1) is 18.5 Å². The third kappa shape index (κ3) is 7.26. The molecule has 0 atom stereocenters. The van der Waals surface area contributed by atoms with Crippen LogP contribution in [-0.4, -0.2) is 55.6 Å². The zero-order valence-corrected chi connectivity index (χ0v) is 19.3. The van der Waals surface area contributed by atoms with Crippen LogP contribution in [-0.2, 0) is 23.6 Å². The molecule has 0 amide bonds. The van der Waals surface area contributed by atoms with E-state index in [0.717, 1.165) is 24.5 Å². The zero-order valence-electron chi connectivity index (χ0n) is 19.3. The lowest BCUT2D eigenvalue weighted by Crippen LogP contribution is -2.25. The number of aromatic nitrogens is 2. The first kappa shape index (κ1) is 25.2. The SMILES string of the molecule is COCCOc1c(CCC(C)C)cc(C(C)(F)F)cc1-c1[nH]ncc1CN(C)CCN. The van der Waals surface area contributed by atoms with Crippen molar-refractivity contribution in [3.63, 3.8) is 0 Å². The van der Waals surface area contributed by atoms with Crippen LogP contribution in [0.15, 0.2) is 18.3 Å². The minimum atomic E-state index is -2.97. The Bertz CT molecular complexity index is 818. The van der Waals surface area contributed by atoms with Crippen molar-refractivity contribution in [2.75, 3.05) is 40.5 Å². The molecule has 0 aliphatic carbocycles. The minimum absolute atomic E-state index is 0.0313. The number of hydrogen-bond acceptors (Lipinski definition) is 5. The largest absolute Gasteiger partial charge is 0.490 e. The van der Waals surface area contributed by atoms with Gasteiger partial charge in [0.25, 0.3) is 5.92 Å². The van der Waals surface area contributed by atoms with Crippen molar-refractivity contribution >= 4 is 0 Å². The van der Waals surface area contributed by atoms with Gasteiger partial charge in [-0.3, -0.25) is 5.10 Å². The highest BCUT2D eigenvalue weighted by Gasteiger charge is 2.29. The smallest absolute Gasteiger partial charge is 0.270 e. The Morgan fingerprint density at radius 1 is 1.23 bits per heavy atom. The highest BCUT2D eigenvalue weighted by molar-refractivity contribution is 5.73. The number of nitrogens with one attached hydrogen (secondary N) is 1. The highest BCUT2D eigenvalue weighted by Crippen LogP contribution is 2.40. The molecule has 1 aromatic carbocycles. The van der Waals surface area contributed by atoms with Crippen molar-refractivity contribution in [2.24, 2.45) is 11.7 Å². The van der Waals surface area contributed by atoms with Crippen molar-refractivity contribution in [2.45, 2.75) is 46.1 Å². The number of nitrogens with zero attached hydrogens (tertiary/aromatic N) is 2. The van der Waals surface area contributed by atoms with Crippen LogP contribution in [0.1, 0.15) is 43.9 Å². The molecule has 8 heteroatoms. The van der Waals surface area contributed by atoms with Crippen molar-refractivity contribution in [3.8, 4) is 17.0 Å². The van der Waals surface area contributed by atoms with Gasteiger partial charge in [-0.05, 0) is 43.5 Å². The van der Waals surface area contributed by atoms with Gasteiger partial charge in [-0.25, -0.2) is 8.78 Å². The molecule has 3 N–H and O–H groups in total. The molecule has 0 radical (unpaired) electrons. The summed E-state index contributed by atoms with van der Waals surface area (Å²) in [5, 5.41) is 7.20. The first-order valence-corrected chi connectivity index (χ1v) is 10.8. The monoisotopic (exact) mass is 438 g/mol. The van der Waals surface area contributed by atoms with Crippen LogP contribution in [0, 0.1) is 5.92 Å². The van der Waals surface area contributed by atoms with Crippen LogP contribution in [0.4, 0.5) is 8.78 Å². The van der Waals surface area contributed by atoms with Crippen molar-refractivity contribution in [1.82, 2.24) is 15.1 Å².